The Balaban J connectivity index is -0.0000000358. The molecule has 0 unspecified atom stereocenters. The Hall–Kier alpha value is -0.590. The molecule has 0 spiro atoms. The van der Waals surface area contributed by atoms with Crippen molar-refractivity contribution in [3.05, 3.63) is 0 Å². The molecule has 0 fully saturated rings. The normalized spacial score (nSPS) is 8.88. The highest BCUT2D eigenvalue weighted by Gasteiger charge is 2.00. The van der Waals surface area contributed by atoms with Crippen molar-refractivity contribution in [3.63, 3.8) is 0 Å². The highest BCUT2D eigenvalue weighted by molar-refractivity contribution is 7.45. The molecule has 0 aromatic rings. The molecule has 0 saturated heterocycles. The van der Waals surface area contributed by atoms with Gasteiger partial charge < -0.3 is 50.5 Å². The lowest BCUT2D eigenvalue weighted by Crippen LogP contribution is -1.81. The Morgan fingerprint density at radius 2 is 0.688 bits per heavy atom. The largest absolute Gasteiger partial charge is 0.503 e. The van der Waals surface area contributed by atoms with Crippen LogP contribution in [-0.2, 0) is 9.13 Å². The lowest BCUT2D eigenvalue weighted by Gasteiger charge is -1.82. The molecule has 13 nitrogen and oxygen atoms in total. The summed E-state index contributed by atoms with van der Waals surface area (Å²) in [5, 5.41) is 13.9. The van der Waals surface area contributed by atoms with Crippen LogP contribution in [0.3, 0.4) is 0 Å². The Morgan fingerprint density at radius 1 is 0.688 bits per heavy atom. The maximum atomic E-state index is 8.88. The summed E-state index contributed by atoms with van der Waals surface area (Å²) in [6.07, 6.45) is -1.83. The van der Waals surface area contributed by atoms with Crippen LogP contribution in [0.4, 0.5) is 4.79 Å². The fourth-order valence-corrected chi connectivity index (χ4v) is 0. The Morgan fingerprint density at radius 3 is 0.688 bits per heavy atom. The smallest absolute Gasteiger partial charge is 0.450 e. The molecule has 104 valence electrons. The SMILES string of the molecule is O.O.O=C(O)O.O=P(O)(O)O.O=P(O)(O)O. The number of carbonyl (C=O) groups is 1. The summed E-state index contributed by atoms with van der Waals surface area (Å²) < 4.78 is 17.8. The molecule has 0 heterocycles. The van der Waals surface area contributed by atoms with E-state index < -0.39 is 21.8 Å². The van der Waals surface area contributed by atoms with Gasteiger partial charge in [-0.1, -0.05) is 0 Å². The minimum atomic E-state index is -4.64. The summed E-state index contributed by atoms with van der Waals surface area (Å²) in [6.45, 7) is 0. The van der Waals surface area contributed by atoms with E-state index in [1.54, 1.807) is 0 Å². The standard InChI is InChI=1S/CH2O3.2H3O4P.2H2O/c2-1(3)4;2*1-5(2,3)4;;/h(H2,2,3,4);2*(H3,1,2,3,4);2*1H2. The van der Waals surface area contributed by atoms with Gasteiger partial charge in [-0.2, -0.15) is 0 Å². The Kier molecular flexibility index (Phi) is 23.0. The van der Waals surface area contributed by atoms with Gasteiger partial charge in [0.1, 0.15) is 0 Å². The monoisotopic (exact) mass is 294 g/mol. The average molecular weight is 294 g/mol. The van der Waals surface area contributed by atoms with E-state index in [9.17, 15) is 0 Å². The summed E-state index contributed by atoms with van der Waals surface area (Å²) in [4.78, 5) is 51.7. The van der Waals surface area contributed by atoms with Gasteiger partial charge in [-0.3, -0.25) is 0 Å². The van der Waals surface area contributed by atoms with Crippen molar-refractivity contribution < 1.29 is 64.5 Å². The molecule has 0 amide bonds. The van der Waals surface area contributed by atoms with Gasteiger partial charge in [0.2, 0.25) is 0 Å². The van der Waals surface area contributed by atoms with Gasteiger partial charge in [-0.15, -0.1) is 0 Å². The summed E-state index contributed by atoms with van der Waals surface area (Å²) in [5.74, 6) is 0. The zero-order valence-electron chi connectivity index (χ0n) is 7.20. The zero-order chi connectivity index (χ0) is 12.6. The molecule has 12 N–H and O–H groups in total. The number of hydrogen-bond donors (Lipinski definition) is 8. The predicted molar refractivity (Wildman–Crippen MR) is 46.4 cm³/mol. The number of phosphoric acid groups is 2. The third-order valence-electron chi connectivity index (χ3n) is 0. The van der Waals surface area contributed by atoms with Crippen LogP contribution in [0.2, 0.25) is 0 Å². The van der Waals surface area contributed by atoms with Crippen molar-refractivity contribution in [2.75, 3.05) is 0 Å². The summed E-state index contributed by atoms with van der Waals surface area (Å²) >= 11 is 0. The van der Waals surface area contributed by atoms with Crippen LogP contribution in [0, 0.1) is 0 Å². The number of rotatable bonds is 0. The predicted octanol–water partition coefficient (Wildman–Crippen LogP) is -3.28. The third kappa shape index (κ3) is 5930. The van der Waals surface area contributed by atoms with Crippen LogP contribution in [0.1, 0.15) is 0 Å². The molecule has 0 aliphatic heterocycles. The second-order valence-corrected chi connectivity index (χ2v) is 3.36. The molecule has 0 bridgehead atoms. The molecule has 0 aromatic heterocycles. The lowest BCUT2D eigenvalue weighted by molar-refractivity contribution is 0.136. The third-order valence-corrected chi connectivity index (χ3v) is 0. The summed E-state index contributed by atoms with van der Waals surface area (Å²) in [5.41, 5.74) is 0. The molecule has 0 aliphatic carbocycles. The number of carboxylic acid groups (broad SMARTS) is 2. The molecule has 16 heavy (non-hydrogen) atoms. The maximum absolute atomic E-state index is 8.88. The van der Waals surface area contributed by atoms with Gasteiger partial charge >= 0.3 is 21.8 Å². The van der Waals surface area contributed by atoms with Gasteiger partial charge in [0.05, 0.1) is 0 Å². The molecular formula is CH12O13P2. The van der Waals surface area contributed by atoms with Crippen LogP contribution in [0.25, 0.3) is 0 Å². The molecule has 0 saturated carbocycles. The fraction of sp³-hybridized carbons (Fsp3) is 0. The first-order valence-corrected chi connectivity index (χ1v) is 5.35. The second kappa shape index (κ2) is 12.5. The molecule has 0 aromatic carbocycles. The topological polar surface area (TPSA) is 276 Å². The molecule has 0 rings (SSSR count). The van der Waals surface area contributed by atoms with Gasteiger partial charge in [-0.25, -0.2) is 13.9 Å². The van der Waals surface area contributed by atoms with E-state index in [1.165, 1.54) is 0 Å². The molecule has 0 aliphatic rings. The van der Waals surface area contributed by atoms with E-state index in [0.29, 0.717) is 0 Å². The fourth-order valence-electron chi connectivity index (χ4n) is 0. The highest BCUT2D eigenvalue weighted by Crippen LogP contribution is 2.26. The Bertz CT molecular complexity index is 190. The quantitative estimate of drug-likeness (QED) is 0.205. The first-order valence-electron chi connectivity index (χ1n) is 2.22. The van der Waals surface area contributed by atoms with Crippen molar-refractivity contribution >= 4 is 21.8 Å². The van der Waals surface area contributed by atoms with Gasteiger partial charge in [-0.05, 0) is 0 Å². The average Bonchev–Trinajstić information content (AvgIpc) is 1.45. The molecular weight excluding hydrogens is 282 g/mol. The summed E-state index contributed by atoms with van der Waals surface area (Å²) in [6, 6.07) is 0. The minimum Gasteiger partial charge on any atom is -0.450 e. The van der Waals surface area contributed by atoms with Crippen molar-refractivity contribution in [2.45, 2.75) is 0 Å². The van der Waals surface area contributed by atoms with Crippen LogP contribution in [-0.4, -0.2) is 56.7 Å². The van der Waals surface area contributed by atoms with Crippen LogP contribution < -0.4 is 0 Å². The lowest BCUT2D eigenvalue weighted by atomic mass is 11.5. The van der Waals surface area contributed by atoms with E-state index in [1.807, 2.05) is 0 Å². The van der Waals surface area contributed by atoms with Crippen molar-refractivity contribution in [1.82, 2.24) is 0 Å². The van der Waals surface area contributed by atoms with Crippen molar-refractivity contribution in [1.29, 1.82) is 0 Å². The zero-order valence-corrected chi connectivity index (χ0v) is 8.99. The second-order valence-electron chi connectivity index (χ2n) is 1.31. The Labute approximate surface area is 87.3 Å². The first kappa shape index (κ1) is 29.5. The minimum absolute atomic E-state index is 0. The summed E-state index contributed by atoms with van der Waals surface area (Å²) in [7, 11) is -9.28. The highest BCUT2D eigenvalue weighted by atomic mass is 31.2. The molecule has 15 heteroatoms. The maximum Gasteiger partial charge on any atom is 0.503 e. The van der Waals surface area contributed by atoms with E-state index in [0.717, 1.165) is 0 Å². The van der Waals surface area contributed by atoms with Gasteiger partial charge in [0, 0.05) is 0 Å². The van der Waals surface area contributed by atoms with Crippen molar-refractivity contribution in [2.24, 2.45) is 0 Å². The number of hydrogen-bond acceptors (Lipinski definition) is 3. The van der Waals surface area contributed by atoms with E-state index in [2.05, 4.69) is 0 Å². The van der Waals surface area contributed by atoms with Crippen molar-refractivity contribution in [3.8, 4) is 0 Å². The van der Waals surface area contributed by atoms with Crippen LogP contribution >= 0.6 is 15.6 Å². The van der Waals surface area contributed by atoms with E-state index in [4.69, 9.17) is 53.5 Å². The van der Waals surface area contributed by atoms with Gasteiger partial charge in [0.15, 0.2) is 0 Å². The van der Waals surface area contributed by atoms with Crippen LogP contribution in [0.5, 0.6) is 0 Å². The van der Waals surface area contributed by atoms with Gasteiger partial charge in [0.25, 0.3) is 0 Å². The molecule has 0 atom stereocenters. The van der Waals surface area contributed by atoms with E-state index in [-0.39, 0.29) is 11.0 Å². The first-order chi connectivity index (χ1) is 5.73. The van der Waals surface area contributed by atoms with Crippen LogP contribution in [0.15, 0.2) is 0 Å². The van der Waals surface area contributed by atoms with E-state index >= 15 is 0 Å². The molecule has 0 radical (unpaired) electrons.